The van der Waals surface area contributed by atoms with E-state index in [2.05, 4.69) is 15.1 Å². The van der Waals surface area contributed by atoms with Crippen molar-refractivity contribution in [2.45, 2.75) is 37.8 Å². The van der Waals surface area contributed by atoms with Crippen molar-refractivity contribution in [3.63, 3.8) is 0 Å². The minimum atomic E-state index is -4.62. The molecule has 4 rings (SSSR count). The smallest absolute Gasteiger partial charge is 0.453 e. The standard InChI is InChI=1S/C18H18F3N5O2/c19-18(20,21)16-23-17-22-8-5-14(26(17)24-16)12-6-9-25(10-7-12)15(27)4-3-13-2-1-11-28-13/h1-2,5,8,11-12H,3-4,6-7,9-10H2. The van der Waals surface area contributed by atoms with Gasteiger partial charge in [-0.05, 0) is 31.0 Å². The average Bonchev–Trinajstić information content (AvgIpc) is 3.35. The van der Waals surface area contributed by atoms with Gasteiger partial charge in [-0.15, -0.1) is 5.10 Å². The quantitative estimate of drug-likeness (QED) is 0.681. The summed E-state index contributed by atoms with van der Waals surface area (Å²) in [4.78, 5) is 21.5. The molecule has 4 heterocycles. The second-order valence-corrected chi connectivity index (χ2v) is 6.75. The van der Waals surface area contributed by atoms with E-state index in [0.717, 1.165) is 5.76 Å². The molecule has 7 nitrogen and oxygen atoms in total. The van der Waals surface area contributed by atoms with E-state index in [1.165, 1.54) is 10.7 Å². The largest absolute Gasteiger partial charge is 0.469 e. The Morgan fingerprint density at radius 2 is 2.04 bits per heavy atom. The molecule has 0 saturated carbocycles. The summed E-state index contributed by atoms with van der Waals surface area (Å²) in [6, 6.07) is 5.29. The molecule has 3 aromatic rings. The van der Waals surface area contributed by atoms with Gasteiger partial charge in [-0.3, -0.25) is 4.79 Å². The second-order valence-electron chi connectivity index (χ2n) is 6.75. The van der Waals surface area contributed by atoms with Gasteiger partial charge in [-0.1, -0.05) is 0 Å². The lowest BCUT2D eigenvalue weighted by Gasteiger charge is -2.32. The summed E-state index contributed by atoms with van der Waals surface area (Å²) in [6.07, 6.45) is 0.621. The van der Waals surface area contributed by atoms with Crippen LogP contribution in [0.3, 0.4) is 0 Å². The first-order valence-corrected chi connectivity index (χ1v) is 9.01. The number of aryl methyl sites for hydroxylation is 1. The van der Waals surface area contributed by atoms with Crippen molar-refractivity contribution in [1.29, 1.82) is 0 Å². The third-order valence-electron chi connectivity index (χ3n) is 4.95. The van der Waals surface area contributed by atoms with Gasteiger partial charge in [0.2, 0.25) is 5.91 Å². The molecule has 1 saturated heterocycles. The van der Waals surface area contributed by atoms with Gasteiger partial charge in [-0.2, -0.15) is 18.2 Å². The molecule has 0 aliphatic carbocycles. The van der Waals surface area contributed by atoms with Crippen LogP contribution in [0.5, 0.6) is 0 Å². The molecule has 1 amide bonds. The zero-order valence-electron chi connectivity index (χ0n) is 14.9. The molecule has 0 radical (unpaired) electrons. The Morgan fingerprint density at radius 1 is 1.25 bits per heavy atom. The van der Waals surface area contributed by atoms with E-state index in [-0.39, 0.29) is 17.6 Å². The van der Waals surface area contributed by atoms with Gasteiger partial charge in [-0.25, -0.2) is 9.50 Å². The van der Waals surface area contributed by atoms with Crippen molar-refractivity contribution in [3.05, 3.63) is 47.9 Å². The van der Waals surface area contributed by atoms with Crippen LogP contribution in [-0.2, 0) is 17.4 Å². The maximum Gasteiger partial charge on any atom is 0.453 e. The molecule has 1 aliphatic rings. The molecule has 1 fully saturated rings. The topological polar surface area (TPSA) is 76.5 Å². The number of hydrogen-bond acceptors (Lipinski definition) is 5. The number of halogens is 3. The Bertz CT molecular complexity index is 959. The maximum atomic E-state index is 12.9. The predicted octanol–water partition coefficient (Wildman–Crippen LogP) is 3.07. The molecule has 3 aromatic heterocycles. The van der Waals surface area contributed by atoms with Crippen LogP contribution in [0.15, 0.2) is 35.1 Å². The molecule has 10 heteroatoms. The number of hydrogen-bond donors (Lipinski definition) is 0. The third-order valence-corrected chi connectivity index (χ3v) is 4.95. The molecule has 0 aromatic carbocycles. The number of carbonyl (C=O) groups is 1. The molecular formula is C18H18F3N5O2. The summed E-state index contributed by atoms with van der Waals surface area (Å²) in [5.41, 5.74) is 0.635. The number of nitrogens with zero attached hydrogens (tertiary/aromatic N) is 5. The van der Waals surface area contributed by atoms with Gasteiger partial charge in [0.1, 0.15) is 5.76 Å². The number of rotatable bonds is 4. The lowest BCUT2D eigenvalue weighted by molar-refractivity contribution is -0.144. The van der Waals surface area contributed by atoms with Crippen molar-refractivity contribution in [3.8, 4) is 0 Å². The lowest BCUT2D eigenvalue weighted by Crippen LogP contribution is -2.38. The van der Waals surface area contributed by atoms with Crippen molar-refractivity contribution < 1.29 is 22.4 Å². The van der Waals surface area contributed by atoms with Gasteiger partial charge >= 0.3 is 6.18 Å². The molecule has 0 unspecified atom stereocenters. The number of aromatic nitrogens is 4. The maximum absolute atomic E-state index is 12.9. The molecule has 0 spiro atoms. The minimum Gasteiger partial charge on any atom is -0.469 e. The summed E-state index contributed by atoms with van der Waals surface area (Å²) in [6.45, 7) is 1.10. The van der Waals surface area contributed by atoms with E-state index in [4.69, 9.17) is 4.42 Å². The molecule has 1 aliphatic heterocycles. The number of furan rings is 1. The van der Waals surface area contributed by atoms with Gasteiger partial charge in [0, 0.05) is 38.0 Å². The van der Waals surface area contributed by atoms with E-state index < -0.39 is 12.0 Å². The fraction of sp³-hybridized carbons (Fsp3) is 0.444. The Hall–Kier alpha value is -2.91. The summed E-state index contributed by atoms with van der Waals surface area (Å²) >= 11 is 0. The van der Waals surface area contributed by atoms with Gasteiger partial charge in [0.25, 0.3) is 11.6 Å². The Morgan fingerprint density at radius 3 is 2.71 bits per heavy atom. The number of amides is 1. The monoisotopic (exact) mass is 393 g/mol. The lowest BCUT2D eigenvalue weighted by atomic mass is 9.93. The number of likely N-dealkylation sites (tertiary alicyclic amines) is 1. The van der Waals surface area contributed by atoms with Crippen molar-refractivity contribution in [2.24, 2.45) is 0 Å². The fourth-order valence-electron chi connectivity index (χ4n) is 3.51. The van der Waals surface area contributed by atoms with E-state index in [1.54, 1.807) is 23.3 Å². The Balaban J connectivity index is 1.42. The summed E-state index contributed by atoms with van der Waals surface area (Å²) in [5.74, 6) is -0.453. The molecule has 0 bridgehead atoms. The highest BCUT2D eigenvalue weighted by molar-refractivity contribution is 5.76. The second kappa shape index (κ2) is 7.25. The van der Waals surface area contributed by atoms with E-state index >= 15 is 0 Å². The molecule has 28 heavy (non-hydrogen) atoms. The number of fused-ring (bicyclic) bond motifs is 1. The zero-order chi connectivity index (χ0) is 19.7. The third kappa shape index (κ3) is 3.71. The van der Waals surface area contributed by atoms with Crippen LogP contribution < -0.4 is 0 Å². The predicted molar refractivity (Wildman–Crippen MR) is 91.4 cm³/mol. The van der Waals surface area contributed by atoms with Crippen LogP contribution in [0.4, 0.5) is 13.2 Å². The van der Waals surface area contributed by atoms with Crippen LogP contribution in [0.25, 0.3) is 5.78 Å². The summed E-state index contributed by atoms with van der Waals surface area (Å²) in [5, 5.41) is 3.60. The molecule has 0 atom stereocenters. The van der Waals surface area contributed by atoms with E-state index in [1.807, 2.05) is 6.07 Å². The van der Waals surface area contributed by atoms with Crippen LogP contribution in [0.2, 0.25) is 0 Å². The van der Waals surface area contributed by atoms with Crippen LogP contribution in [0, 0.1) is 0 Å². The first-order chi connectivity index (χ1) is 13.4. The fourth-order valence-corrected chi connectivity index (χ4v) is 3.51. The SMILES string of the molecule is O=C(CCc1ccco1)N1CCC(c2ccnc3nc(C(F)(F)F)nn23)CC1. The normalized spacial score (nSPS) is 16.0. The van der Waals surface area contributed by atoms with Crippen molar-refractivity contribution in [2.75, 3.05) is 13.1 Å². The summed E-state index contributed by atoms with van der Waals surface area (Å²) < 4.78 is 45.1. The molecular weight excluding hydrogens is 375 g/mol. The van der Waals surface area contributed by atoms with Crippen molar-refractivity contribution >= 4 is 11.7 Å². The molecule has 0 N–H and O–H groups in total. The van der Waals surface area contributed by atoms with Crippen molar-refractivity contribution in [1.82, 2.24) is 24.5 Å². The van der Waals surface area contributed by atoms with Crippen LogP contribution >= 0.6 is 0 Å². The number of piperidine rings is 1. The number of alkyl halides is 3. The highest BCUT2D eigenvalue weighted by Crippen LogP contribution is 2.30. The van der Waals surface area contributed by atoms with Gasteiger partial charge < -0.3 is 9.32 Å². The number of carbonyl (C=O) groups excluding carboxylic acids is 1. The average molecular weight is 393 g/mol. The van der Waals surface area contributed by atoms with E-state index in [0.29, 0.717) is 44.5 Å². The van der Waals surface area contributed by atoms with Gasteiger partial charge in [0.15, 0.2) is 0 Å². The minimum absolute atomic E-state index is 0.0117. The van der Waals surface area contributed by atoms with Gasteiger partial charge in [0.05, 0.1) is 12.0 Å². The Labute approximate surface area is 158 Å². The zero-order valence-corrected chi connectivity index (χ0v) is 14.9. The first kappa shape index (κ1) is 18.5. The Kier molecular flexibility index (Phi) is 4.78. The highest BCUT2D eigenvalue weighted by Gasteiger charge is 2.37. The van der Waals surface area contributed by atoms with Crippen LogP contribution in [-0.4, -0.2) is 43.5 Å². The summed E-state index contributed by atoms with van der Waals surface area (Å²) in [7, 11) is 0. The molecule has 148 valence electrons. The first-order valence-electron chi connectivity index (χ1n) is 9.01. The van der Waals surface area contributed by atoms with Crippen LogP contribution in [0.1, 0.15) is 42.5 Å². The van der Waals surface area contributed by atoms with E-state index in [9.17, 15) is 18.0 Å². The highest BCUT2D eigenvalue weighted by atomic mass is 19.4.